The van der Waals surface area contributed by atoms with Crippen LogP contribution in [-0.4, -0.2) is 67.5 Å². The fourth-order valence-electron chi connectivity index (χ4n) is 3.23. The minimum absolute atomic E-state index is 0.0757. The highest BCUT2D eigenvalue weighted by Gasteiger charge is 2.33. The van der Waals surface area contributed by atoms with Crippen molar-refractivity contribution in [3.63, 3.8) is 0 Å². The average molecular weight is 428 g/mol. The van der Waals surface area contributed by atoms with Gasteiger partial charge in [0.05, 0.1) is 36.9 Å². The topological polar surface area (TPSA) is 74.4 Å². The number of cyclic esters (lactones) is 1. The summed E-state index contributed by atoms with van der Waals surface area (Å²) in [5.41, 5.74) is -0.142. The number of hydrogen-bond acceptors (Lipinski definition) is 6. The lowest BCUT2D eigenvalue weighted by Crippen LogP contribution is -2.34. The minimum Gasteiger partial charge on any atom is -0.442 e. The summed E-state index contributed by atoms with van der Waals surface area (Å²) in [6.45, 7) is 4.26. The van der Waals surface area contributed by atoms with E-state index >= 15 is 0 Å². The molecule has 1 aromatic rings. The highest BCUT2D eigenvalue weighted by atomic mass is 32.1. The largest absolute Gasteiger partial charge is 0.442 e. The number of thiocarbonyl (C=S) groups is 1. The molecule has 0 unspecified atom stereocenters. The Hall–Kier alpha value is -2.53. The van der Waals surface area contributed by atoms with Crippen molar-refractivity contribution in [1.29, 1.82) is 0 Å². The molecule has 1 aromatic carbocycles. The molecular weight excluding hydrogens is 406 g/mol. The second-order valence-electron chi connectivity index (χ2n) is 6.75. The number of carbonyl (C=O) groups excluding carboxylic acids is 2. The fourth-order valence-corrected chi connectivity index (χ4v) is 3.31. The third kappa shape index (κ3) is 4.91. The van der Waals surface area contributed by atoms with Gasteiger partial charge in [0.25, 0.3) is 0 Å². The van der Waals surface area contributed by atoms with Crippen LogP contribution in [0.25, 0.3) is 0 Å². The molecule has 2 fully saturated rings. The fraction of sp³-hybridized carbons (Fsp3) is 0.500. The number of benzene rings is 1. The molecule has 3 rings (SSSR count). The molecule has 158 valence electrons. The van der Waals surface area contributed by atoms with E-state index in [0.717, 1.165) is 12.1 Å². The molecule has 2 aliphatic heterocycles. The summed E-state index contributed by atoms with van der Waals surface area (Å²) < 4.78 is 34.8. The molecule has 2 aliphatic rings. The van der Waals surface area contributed by atoms with E-state index in [9.17, 15) is 18.4 Å². The monoisotopic (exact) mass is 428 g/mol. The molecule has 0 spiro atoms. The van der Waals surface area contributed by atoms with Crippen molar-refractivity contribution in [3.05, 3.63) is 23.8 Å². The zero-order valence-electron chi connectivity index (χ0n) is 16.1. The van der Waals surface area contributed by atoms with Crippen LogP contribution in [0.2, 0.25) is 0 Å². The van der Waals surface area contributed by atoms with Crippen LogP contribution in [0.5, 0.6) is 0 Å². The number of rotatable bonds is 4. The van der Waals surface area contributed by atoms with Crippen LogP contribution in [0.15, 0.2) is 12.1 Å². The van der Waals surface area contributed by atoms with Crippen molar-refractivity contribution in [2.75, 3.05) is 49.1 Å². The van der Waals surface area contributed by atoms with Gasteiger partial charge in [-0.05, 0) is 6.92 Å². The maximum Gasteiger partial charge on any atom is 0.414 e. The number of carbonyl (C=O) groups is 2. The minimum atomic E-state index is -0.805. The normalized spacial score (nSPS) is 19.8. The zero-order chi connectivity index (χ0) is 21.1. The molecule has 0 aliphatic carbocycles. The molecule has 1 N–H and O–H groups in total. The second-order valence-corrected chi connectivity index (χ2v) is 7.37. The lowest BCUT2D eigenvalue weighted by Gasteiger charge is -2.24. The Morgan fingerprint density at radius 3 is 2.55 bits per heavy atom. The Balaban J connectivity index is 1.75. The highest BCUT2D eigenvalue weighted by molar-refractivity contribution is 7.80. The first-order valence-corrected chi connectivity index (χ1v) is 9.54. The number of halogens is 2. The molecule has 0 radical (unpaired) electrons. The average Bonchev–Trinajstić information content (AvgIpc) is 2.85. The van der Waals surface area contributed by atoms with E-state index in [0.29, 0.717) is 11.5 Å². The van der Waals surface area contributed by atoms with E-state index in [1.54, 1.807) is 6.92 Å². The number of hydrogen-bond donors (Lipinski definition) is 1. The summed E-state index contributed by atoms with van der Waals surface area (Å²) in [4.78, 5) is 32.1. The summed E-state index contributed by atoms with van der Waals surface area (Å²) in [5.74, 6) is -1.88. The van der Waals surface area contributed by atoms with Crippen molar-refractivity contribution >= 4 is 40.6 Å². The Kier molecular flexibility index (Phi) is 6.48. The van der Waals surface area contributed by atoms with Gasteiger partial charge in [-0.1, -0.05) is 12.2 Å². The van der Waals surface area contributed by atoms with Gasteiger partial charge < -0.3 is 15.0 Å². The van der Waals surface area contributed by atoms with Crippen LogP contribution >= 0.6 is 12.2 Å². The van der Waals surface area contributed by atoms with Crippen LogP contribution in [0, 0.1) is 11.6 Å². The zero-order valence-corrected chi connectivity index (χ0v) is 16.9. The van der Waals surface area contributed by atoms with Gasteiger partial charge in [-0.25, -0.2) is 18.6 Å². The molecule has 0 bridgehead atoms. The van der Waals surface area contributed by atoms with Crippen molar-refractivity contribution in [3.8, 4) is 0 Å². The standard InChI is InChI=1S/C18H22F2N4O4S/c1-11(29)21-9-14-10-23(18(26)28-14)13-7-15(19)17(16(20)8-13)22-3-4-24(12(2)25)27-6-5-22/h7-8,14H,3-6,9-10H2,1-2H3,(H,21,29)/t14-/m0/s1. The van der Waals surface area contributed by atoms with E-state index in [1.165, 1.54) is 21.8 Å². The number of nitrogens with zero attached hydrogens (tertiary/aromatic N) is 3. The maximum absolute atomic E-state index is 14.8. The van der Waals surface area contributed by atoms with E-state index < -0.39 is 23.8 Å². The van der Waals surface area contributed by atoms with Gasteiger partial charge in [-0.2, -0.15) is 0 Å². The number of anilines is 2. The third-order valence-corrected chi connectivity index (χ3v) is 4.76. The van der Waals surface area contributed by atoms with Crippen molar-refractivity contribution < 1.29 is 27.9 Å². The van der Waals surface area contributed by atoms with E-state index in [-0.39, 0.29) is 50.1 Å². The van der Waals surface area contributed by atoms with Crippen LogP contribution in [0.1, 0.15) is 13.8 Å². The van der Waals surface area contributed by atoms with Gasteiger partial charge in [0, 0.05) is 32.1 Å². The molecule has 1 atom stereocenters. The third-order valence-electron chi connectivity index (χ3n) is 4.61. The van der Waals surface area contributed by atoms with Crippen LogP contribution in [-0.2, 0) is 14.4 Å². The van der Waals surface area contributed by atoms with Crippen molar-refractivity contribution in [1.82, 2.24) is 10.4 Å². The Labute approximate surface area is 172 Å². The Morgan fingerprint density at radius 2 is 1.93 bits per heavy atom. The molecule has 2 saturated heterocycles. The quantitative estimate of drug-likeness (QED) is 0.734. The van der Waals surface area contributed by atoms with E-state index in [1.807, 2.05) is 0 Å². The molecule has 0 saturated carbocycles. The van der Waals surface area contributed by atoms with Gasteiger partial charge in [-0.3, -0.25) is 14.5 Å². The predicted molar refractivity (Wildman–Crippen MR) is 106 cm³/mol. The lowest BCUT2D eigenvalue weighted by atomic mass is 10.2. The summed E-state index contributed by atoms with van der Waals surface area (Å²) in [6, 6.07) is 2.21. The lowest BCUT2D eigenvalue weighted by molar-refractivity contribution is -0.179. The van der Waals surface area contributed by atoms with Crippen LogP contribution in [0.4, 0.5) is 25.0 Å². The van der Waals surface area contributed by atoms with E-state index in [2.05, 4.69) is 5.32 Å². The number of ether oxygens (including phenoxy) is 1. The van der Waals surface area contributed by atoms with Gasteiger partial charge in [0.2, 0.25) is 5.91 Å². The van der Waals surface area contributed by atoms with Crippen LogP contribution in [0.3, 0.4) is 0 Å². The van der Waals surface area contributed by atoms with Gasteiger partial charge in [0.15, 0.2) is 11.6 Å². The summed E-state index contributed by atoms with van der Waals surface area (Å²) in [7, 11) is 0. The number of amides is 2. The number of hydroxylamine groups is 2. The molecule has 0 aromatic heterocycles. The molecule has 11 heteroatoms. The first-order chi connectivity index (χ1) is 13.8. The van der Waals surface area contributed by atoms with E-state index in [4.69, 9.17) is 21.8 Å². The molecule has 29 heavy (non-hydrogen) atoms. The predicted octanol–water partition coefficient (Wildman–Crippen LogP) is 1.83. The molecule has 2 heterocycles. The highest BCUT2D eigenvalue weighted by Crippen LogP contribution is 2.31. The summed E-state index contributed by atoms with van der Waals surface area (Å²) in [6.07, 6.45) is -1.16. The number of nitrogens with one attached hydrogen (secondary N) is 1. The first-order valence-electron chi connectivity index (χ1n) is 9.14. The van der Waals surface area contributed by atoms with Gasteiger partial charge >= 0.3 is 6.09 Å². The molecule has 2 amide bonds. The molecule has 8 nitrogen and oxygen atoms in total. The smallest absolute Gasteiger partial charge is 0.414 e. The second kappa shape index (κ2) is 8.87. The van der Waals surface area contributed by atoms with Gasteiger partial charge in [-0.15, -0.1) is 0 Å². The summed E-state index contributed by atoms with van der Waals surface area (Å²) in [5, 5.41) is 4.07. The van der Waals surface area contributed by atoms with Crippen LogP contribution < -0.4 is 15.1 Å². The Morgan fingerprint density at radius 1 is 1.24 bits per heavy atom. The maximum atomic E-state index is 14.8. The Bertz CT molecular complexity index is 802. The van der Waals surface area contributed by atoms with Gasteiger partial charge in [0.1, 0.15) is 11.8 Å². The summed E-state index contributed by atoms with van der Waals surface area (Å²) >= 11 is 4.92. The molecular formula is C18H22F2N4O4S. The first kappa shape index (κ1) is 21.2. The van der Waals surface area contributed by atoms with Crippen molar-refractivity contribution in [2.45, 2.75) is 20.0 Å². The SMILES string of the molecule is CC(=O)N1CCN(c2c(F)cc(N3C[C@H](CNC(C)=S)OC3=O)cc2F)CCO1. The van der Waals surface area contributed by atoms with Crippen molar-refractivity contribution in [2.24, 2.45) is 0 Å².